The van der Waals surface area contributed by atoms with E-state index in [1.165, 1.54) is 0 Å². The van der Waals surface area contributed by atoms with Crippen molar-refractivity contribution >= 4 is 22.9 Å². The molecule has 2 aromatic rings. The normalized spacial score (nSPS) is 13.8. The molecule has 0 fully saturated rings. The molecule has 1 unspecified atom stereocenters. The first kappa shape index (κ1) is 14.5. The summed E-state index contributed by atoms with van der Waals surface area (Å²) in [6, 6.07) is 0. The highest BCUT2D eigenvalue weighted by Gasteiger charge is 2.24. The quantitative estimate of drug-likeness (QED) is 0.945. The number of thiazole rings is 1. The van der Waals surface area contributed by atoms with Crippen molar-refractivity contribution in [3.8, 4) is 0 Å². The minimum Gasteiger partial charge on any atom is -0.380 e. The van der Waals surface area contributed by atoms with E-state index in [0.717, 1.165) is 5.01 Å². The summed E-state index contributed by atoms with van der Waals surface area (Å²) in [5.41, 5.74) is 1.22. The van der Waals surface area contributed by atoms with Gasteiger partial charge in [-0.2, -0.15) is 5.10 Å². The van der Waals surface area contributed by atoms with Crippen LogP contribution in [0.4, 0.5) is 0 Å². The fourth-order valence-corrected chi connectivity index (χ4v) is 2.96. The van der Waals surface area contributed by atoms with Crippen LogP contribution in [-0.2, 0) is 12.0 Å². The Morgan fingerprint density at radius 3 is 2.68 bits per heavy atom. The van der Waals surface area contributed by atoms with Gasteiger partial charge in [0, 0.05) is 17.3 Å². The largest absolute Gasteiger partial charge is 0.380 e. The molecule has 0 saturated carbocycles. The second-order valence-corrected chi connectivity index (χ2v) is 6.69. The van der Waals surface area contributed by atoms with Crippen LogP contribution in [0.25, 0.3) is 0 Å². The van der Waals surface area contributed by atoms with Gasteiger partial charge in [-0.25, -0.2) is 4.98 Å². The van der Waals surface area contributed by atoms with Crippen molar-refractivity contribution in [3.05, 3.63) is 33.0 Å². The zero-order valence-electron chi connectivity index (χ0n) is 11.5. The van der Waals surface area contributed by atoms with Crippen LogP contribution in [0.3, 0.4) is 0 Å². The molecule has 0 radical (unpaired) electrons. The molecule has 19 heavy (non-hydrogen) atoms. The molecule has 4 nitrogen and oxygen atoms in total. The third kappa shape index (κ3) is 2.83. The van der Waals surface area contributed by atoms with Crippen molar-refractivity contribution in [3.63, 3.8) is 0 Å². The van der Waals surface area contributed by atoms with Gasteiger partial charge in [0.05, 0.1) is 27.6 Å². The fraction of sp³-hybridized carbons (Fsp3) is 0.538. The van der Waals surface area contributed by atoms with Crippen molar-refractivity contribution in [1.29, 1.82) is 0 Å². The van der Waals surface area contributed by atoms with Gasteiger partial charge in [-0.3, -0.25) is 4.68 Å². The van der Waals surface area contributed by atoms with Crippen molar-refractivity contribution in [2.75, 3.05) is 0 Å². The molecule has 0 aliphatic rings. The average Bonchev–Trinajstić information content (AvgIpc) is 2.93. The predicted octanol–water partition coefficient (Wildman–Crippen LogP) is 3.39. The second kappa shape index (κ2) is 5.23. The SMILES string of the molecule is CCn1ncc(Cl)c1C(O)c1csc(C(C)(C)C)n1. The van der Waals surface area contributed by atoms with Crippen LogP contribution in [0, 0.1) is 0 Å². The topological polar surface area (TPSA) is 50.9 Å². The third-order valence-corrected chi connectivity index (χ3v) is 4.41. The maximum atomic E-state index is 10.5. The van der Waals surface area contributed by atoms with Gasteiger partial charge in [0.2, 0.25) is 0 Å². The molecule has 104 valence electrons. The lowest BCUT2D eigenvalue weighted by molar-refractivity contribution is 0.203. The number of aliphatic hydroxyl groups excluding tert-OH is 1. The third-order valence-electron chi connectivity index (χ3n) is 2.84. The maximum absolute atomic E-state index is 10.5. The summed E-state index contributed by atoms with van der Waals surface area (Å²) in [4.78, 5) is 4.52. The summed E-state index contributed by atoms with van der Waals surface area (Å²) >= 11 is 7.66. The average molecular weight is 300 g/mol. The number of aryl methyl sites for hydroxylation is 1. The molecule has 0 spiro atoms. The van der Waals surface area contributed by atoms with Crippen molar-refractivity contribution in [2.45, 2.75) is 45.8 Å². The van der Waals surface area contributed by atoms with Gasteiger partial charge in [0.1, 0.15) is 6.10 Å². The van der Waals surface area contributed by atoms with Gasteiger partial charge in [0.25, 0.3) is 0 Å². The predicted molar refractivity (Wildman–Crippen MR) is 77.8 cm³/mol. The number of rotatable bonds is 3. The number of aromatic nitrogens is 3. The van der Waals surface area contributed by atoms with Crippen LogP contribution in [-0.4, -0.2) is 19.9 Å². The van der Waals surface area contributed by atoms with Crippen LogP contribution in [0.2, 0.25) is 5.02 Å². The Morgan fingerprint density at radius 2 is 2.16 bits per heavy atom. The molecule has 0 aliphatic carbocycles. The van der Waals surface area contributed by atoms with E-state index in [1.54, 1.807) is 22.2 Å². The molecule has 1 N–H and O–H groups in total. The number of halogens is 1. The summed E-state index contributed by atoms with van der Waals surface area (Å²) in [5, 5.41) is 17.9. The van der Waals surface area contributed by atoms with Crippen LogP contribution < -0.4 is 0 Å². The molecular weight excluding hydrogens is 282 g/mol. The molecular formula is C13H18ClN3OS. The lowest BCUT2D eigenvalue weighted by atomic mass is 9.98. The van der Waals surface area contributed by atoms with Gasteiger partial charge in [-0.05, 0) is 6.92 Å². The molecule has 0 saturated heterocycles. The molecule has 6 heteroatoms. The molecule has 0 bridgehead atoms. The van der Waals surface area contributed by atoms with Gasteiger partial charge < -0.3 is 5.11 Å². The lowest BCUT2D eigenvalue weighted by Gasteiger charge is -2.14. The van der Waals surface area contributed by atoms with E-state index < -0.39 is 6.10 Å². The zero-order valence-corrected chi connectivity index (χ0v) is 13.1. The Hall–Kier alpha value is -0.910. The van der Waals surface area contributed by atoms with E-state index in [4.69, 9.17) is 11.6 Å². The van der Waals surface area contributed by atoms with Gasteiger partial charge in [-0.1, -0.05) is 32.4 Å². The van der Waals surface area contributed by atoms with Crippen LogP contribution >= 0.6 is 22.9 Å². The van der Waals surface area contributed by atoms with E-state index in [-0.39, 0.29) is 5.41 Å². The minimum absolute atomic E-state index is 0.0164. The summed E-state index contributed by atoms with van der Waals surface area (Å²) in [5.74, 6) is 0. The molecule has 2 rings (SSSR count). The molecule has 0 aromatic carbocycles. The number of hydrogen-bond donors (Lipinski definition) is 1. The molecule has 2 heterocycles. The molecule has 2 aromatic heterocycles. The second-order valence-electron chi connectivity index (χ2n) is 5.42. The van der Waals surface area contributed by atoms with Crippen LogP contribution in [0.5, 0.6) is 0 Å². The number of hydrogen-bond acceptors (Lipinski definition) is 4. The van der Waals surface area contributed by atoms with Crippen LogP contribution in [0.15, 0.2) is 11.6 Å². The number of aliphatic hydroxyl groups is 1. The first-order valence-corrected chi connectivity index (χ1v) is 7.45. The van der Waals surface area contributed by atoms with E-state index in [1.807, 2.05) is 12.3 Å². The Bertz CT molecular complexity index is 571. The highest BCUT2D eigenvalue weighted by molar-refractivity contribution is 7.09. The van der Waals surface area contributed by atoms with Gasteiger partial charge in [-0.15, -0.1) is 11.3 Å². The molecule has 0 aliphatic heterocycles. The van der Waals surface area contributed by atoms with Crippen molar-refractivity contribution in [1.82, 2.24) is 14.8 Å². The fourth-order valence-electron chi connectivity index (χ4n) is 1.79. The highest BCUT2D eigenvalue weighted by Crippen LogP contribution is 2.32. The first-order chi connectivity index (χ1) is 8.84. The lowest BCUT2D eigenvalue weighted by Crippen LogP contribution is -2.13. The Labute approximate surface area is 122 Å². The zero-order chi connectivity index (χ0) is 14.2. The Morgan fingerprint density at radius 1 is 1.47 bits per heavy atom. The van der Waals surface area contributed by atoms with Gasteiger partial charge in [0.15, 0.2) is 0 Å². The summed E-state index contributed by atoms with van der Waals surface area (Å²) < 4.78 is 1.70. The van der Waals surface area contributed by atoms with Gasteiger partial charge >= 0.3 is 0 Å². The number of nitrogens with zero attached hydrogens (tertiary/aromatic N) is 3. The maximum Gasteiger partial charge on any atom is 0.140 e. The van der Waals surface area contributed by atoms with E-state index in [2.05, 4.69) is 30.9 Å². The van der Waals surface area contributed by atoms with E-state index in [0.29, 0.717) is 23.0 Å². The van der Waals surface area contributed by atoms with E-state index in [9.17, 15) is 5.11 Å². The Balaban J connectivity index is 2.36. The Kier molecular flexibility index (Phi) is 3.99. The standard InChI is InChI=1S/C13H18ClN3OS/c1-5-17-10(8(14)6-15-17)11(18)9-7-19-12(16-9)13(2,3)4/h6-7,11,18H,5H2,1-4H3. The monoisotopic (exact) mass is 299 g/mol. The molecule has 0 amide bonds. The first-order valence-electron chi connectivity index (χ1n) is 6.19. The smallest absolute Gasteiger partial charge is 0.140 e. The van der Waals surface area contributed by atoms with E-state index >= 15 is 0 Å². The minimum atomic E-state index is -0.831. The molecule has 1 atom stereocenters. The highest BCUT2D eigenvalue weighted by atomic mass is 35.5. The van der Waals surface area contributed by atoms with Crippen molar-refractivity contribution in [2.24, 2.45) is 0 Å². The summed E-state index contributed by atoms with van der Waals surface area (Å²) in [6.45, 7) is 8.93. The van der Waals surface area contributed by atoms with Crippen LogP contribution in [0.1, 0.15) is 50.2 Å². The summed E-state index contributed by atoms with van der Waals surface area (Å²) in [7, 11) is 0. The van der Waals surface area contributed by atoms with Crippen molar-refractivity contribution < 1.29 is 5.11 Å². The summed E-state index contributed by atoms with van der Waals surface area (Å²) in [6.07, 6.45) is 0.725.